The summed E-state index contributed by atoms with van der Waals surface area (Å²) in [7, 11) is 0. The molecule has 0 amide bonds. The zero-order valence-electron chi connectivity index (χ0n) is 8.65. The van der Waals surface area contributed by atoms with Gasteiger partial charge in [0.05, 0.1) is 6.07 Å². The van der Waals surface area contributed by atoms with Crippen molar-refractivity contribution < 1.29 is 28.1 Å². The maximum atomic E-state index is 11.9. The molecule has 0 saturated heterocycles. The largest absolute Gasteiger partial charge is 0.573 e. The van der Waals surface area contributed by atoms with Crippen molar-refractivity contribution in [1.82, 2.24) is 0 Å². The highest BCUT2D eigenvalue weighted by molar-refractivity contribution is 9.10. The van der Waals surface area contributed by atoms with Gasteiger partial charge < -0.3 is 14.9 Å². The van der Waals surface area contributed by atoms with Crippen LogP contribution in [0, 0.1) is 11.3 Å². The van der Waals surface area contributed by atoms with Crippen molar-refractivity contribution in [2.75, 3.05) is 0 Å². The van der Waals surface area contributed by atoms with Crippen LogP contribution in [0.15, 0.2) is 22.7 Å². The van der Waals surface area contributed by atoms with E-state index >= 15 is 0 Å². The van der Waals surface area contributed by atoms with Gasteiger partial charge in [-0.25, -0.2) is 0 Å². The van der Waals surface area contributed by atoms with Crippen molar-refractivity contribution in [3.05, 3.63) is 28.2 Å². The van der Waals surface area contributed by atoms with Crippen molar-refractivity contribution in [3.8, 4) is 11.8 Å². The van der Waals surface area contributed by atoms with Gasteiger partial charge in [0.25, 0.3) is 0 Å². The topological polar surface area (TPSA) is 73.5 Å². The predicted octanol–water partition coefficient (Wildman–Crippen LogP) is 2.27. The molecule has 0 spiro atoms. The summed E-state index contributed by atoms with van der Waals surface area (Å²) in [4.78, 5) is 0. The van der Waals surface area contributed by atoms with E-state index in [0.29, 0.717) is 0 Å². The normalized spacial score (nSPS) is 14.7. The van der Waals surface area contributed by atoms with E-state index in [9.17, 15) is 18.3 Å². The van der Waals surface area contributed by atoms with E-state index < -0.39 is 24.3 Å². The minimum Gasteiger partial charge on any atom is -0.406 e. The fraction of sp³-hybridized carbons (Fsp3) is 0.300. The second-order valence-corrected chi connectivity index (χ2v) is 4.10. The van der Waals surface area contributed by atoms with Crippen LogP contribution in [0.1, 0.15) is 11.7 Å². The number of nitrogens with zero attached hydrogens (tertiary/aromatic N) is 1. The number of ether oxygens (including phenoxy) is 1. The summed E-state index contributed by atoms with van der Waals surface area (Å²) in [5, 5.41) is 27.1. The quantitative estimate of drug-likeness (QED) is 0.836. The van der Waals surface area contributed by atoms with Gasteiger partial charge in [0.1, 0.15) is 11.9 Å². The average Bonchev–Trinajstić information content (AvgIpc) is 2.25. The summed E-state index contributed by atoms with van der Waals surface area (Å²) in [5.74, 6) is -0.475. The van der Waals surface area contributed by atoms with Crippen LogP contribution in [-0.4, -0.2) is 22.7 Å². The molecule has 0 aliphatic carbocycles. The van der Waals surface area contributed by atoms with E-state index in [1.54, 1.807) is 0 Å². The number of nitriles is 1. The lowest BCUT2D eigenvalue weighted by atomic mass is 10.1. The summed E-state index contributed by atoms with van der Waals surface area (Å²) in [5.41, 5.74) is 0.0820. The molecule has 8 heteroatoms. The van der Waals surface area contributed by atoms with Crippen LogP contribution in [0.2, 0.25) is 0 Å². The molecule has 0 fully saturated rings. The Labute approximate surface area is 108 Å². The zero-order chi connectivity index (χ0) is 13.9. The number of aliphatic hydroxyl groups is 2. The molecule has 0 aromatic heterocycles. The highest BCUT2D eigenvalue weighted by Crippen LogP contribution is 2.31. The molecule has 0 radical (unpaired) electrons. The van der Waals surface area contributed by atoms with Crippen LogP contribution in [-0.2, 0) is 0 Å². The fourth-order valence-electron chi connectivity index (χ4n) is 1.19. The Kier molecular flexibility index (Phi) is 4.56. The van der Waals surface area contributed by atoms with E-state index in [-0.39, 0.29) is 10.0 Å². The predicted molar refractivity (Wildman–Crippen MR) is 57.4 cm³/mol. The molecule has 0 aliphatic rings. The van der Waals surface area contributed by atoms with Gasteiger partial charge in [-0.3, -0.25) is 0 Å². The molecule has 0 bridgehead atoms. The molecule has 2 N–H and O–H groups in total. The number of alkyl halides is 3. The third-order valence-electron chi connectivity index (χ3n) is 1.96. The Balaban J connectivity index is 2.97. The van der Waals surface area contributed by atoms with Crippen LogP contribution >= 0.6 is 15.9 Å². The first kappa shape index (κ1) is 14.8. The molecule has 0 aliphatic heterocycles. The van der Waals surface area contributed by atoms with Gasteiger partial charge in [-0.05, 0) is 17.7 Å². The Hall–Kier alpha value is -1.30. The van der Waals surface area contributed by atoms with E-state index in [4.69, 9.17) is 10.4 Å². The van der Waals surface area contributed by atoms with E-state index in [0.717, 1.165) is 18.2 Å². The molecule has 4 nitrogen and oxygen atoms in total. The SMILES string of the molecule is N#CC(O)C(O)c1ccc(OC(F)(F)F)cc1Br. The van der Waals surface area contributed by atoms with E-state index in [1.807, 2.05) is 0 Å². The Morgan fingerprint density at radius 2 is 1.94 bits per heavy atom. The summed E-state index contributed by atoms with van der Waals surface area (Å²) < 4.78 is 39.6. The van der Waals surface area contributed by atoms with Gasteiger partial charge in [-0.1, -0.05) is 22.0 Å². The third kappa shape index (κ3) is 3.87. The molecule has 2 unspecified atom stereocenters. The first-order valence-electron chi connectivity index (χ1n) is 4.55. The van der Waals surface area contributed by atoms with Crippen molar-refractivity contribution in [3.63, 3.8) is 0 Å². The molecule has 18 heavy (non-hydrogen) atoms. The summed E-state index contributed by atoms with van der Waals surface area (Å²) in [6.45, 7) is 0. The lowest BCUT2D eigenvalue weighted by molar-refractivity contribution is -0.274. The third-order valence-corrected chi connectivity index (χ3v) is 2.64. The minimum atomic E-state index is -4.81. The number of halogens is 4. The van der Waals surface area contributed by atoms with Crippen molar-refractivity contribution in [1.29, 1.82) is 5.26 Å². The standard InChI is InChI=1S/C10H7BrF3NO3/c11-7-3-5(18-10(12,13)14)1-2-6(7)9(17)8(16)4-15/h1-3,8-9,16-17H. The molecular weight excluding hydrogens is 319 g/mol. The maximum absolute atomic E-state index is 11.9. The van der Waals surface area contributed by atoms with Crippen LogP contribution in [0.25, 0.3) is 0 Å². The van der Waals surface area contributed by atoms with Crippen LogP contribution in [0.3, 0.4) is 0 Å². The Morgan fingerprint density at radius 3 is 2.39 bits per heavy atom. The van der Waals surface area contributed by atoms with Crippen LogP contribution in [0.5, 0.6) is 5.75 Å². The first-order chi connectivity index (χ1) is 8.24. The number of benzene rings is 1. The number of hydrogen-bond donors (Lipinski definition) is 2. The van der Waals surface area contributed by atoms with Gasteiger partial charge in [0, 0.05) is 4.47 Å². The number of rotatable bonds is 3. The van der Waals surface area contributed by atoms with Gasteiger partial charge in [0.15, 0.2) is 6.10 Å². The summed E-state index contributed by atoms with van der Waals surface area (Å²) in [6, 6.07) is 4.49. The average molecular weight is 326 g/mol. The molecule has 1 aromatic carbocycles. The highest BCUT2D eigenvalue weighted by Gasteiger charge is 2.31. The molecule has 1 rings (SSSR count). The second-order valence-electron chi connectivity index (χ2n) is 3.25. The van der Waals surface area contributed by atoms with Crippen molar-refractivity contribution in [2.45, 2.75) is 18.6 Å². The smallest absolute Gasteiger partial charge is 0.406 e. The fourth-order valence-corrected chi connectivity index (χ4v) is 1.78. The first-order valence-corrected chi connectivity index (χ1v) is 5.35. The lowest BCUT2D eigenvalue weighted by Gasteiger charge is -2.15. The monoisotopic (exact) mass is 325 g/mol. The second kappa shape index (κ2) is 5.56. The molecule has 98 valence electrons. The van der Waals surface area contributed by atoms with Crippen molar-refractivity contribution >= 4 is 15.9 Å². The lowest BCUT2D eigenvalue weighted by Crippen LogP contribution is -2.18. The molecule has 0 heterocycles. The molecule has 1 aromatic rings. The van der Waals surface area contributed by atoms with Gasteiger partial charge >= 0.3 is 6.36 Å². The van der Waals surface area contributed by atoms with Crippen molar-refractivity contribution in [2.24, 2.45) is 0 Å². The Morgan fingerprint density at radius 1 is 1.33 bits per heavy atom. The zero-order valence-corrected chi connectivity index (χ0v) is 10.2. The van der Waals surface area contributed by atoms with Crippen LogP contribution < -0.4 is 4.74 Å². The van der Waals surface area contributed by atoms with Gasteiger partial charge in [-0.15, -0.1) is 13.2 Å². The maximum Gasteiger partial charge on any atom is 0.573 e. The Bertz CT molecular complexity index is 472. The minimum absolute atomic E-state index is 0.0820. The van der Waals surface area contributed by atoms with E-state index in [2.05, 4.69) is 20.7 Å². The molecular formula is C10H7BrF3NO3. The number of hydrogen-bond acceptors (Lipinski definition) is 4. The van der Waals surface area contributed by atoms with Gasteiger partial charge in [0.2, 0.25) is 0 Å². The molecule has 2 atom stereocenters. The van der Waals surface area contributed by atoms with E-state index in [1.165, 1.54) is 6.07 Å². The summed E-state index contributed by atoms with van der Waals surface area (Å²) >= 11 is 2.92. The highest BCUT2D eigenvalue weighted by atomic mass is 79.9. The van der Waals surface area contributed by atoms with Gasteiger partial charge in [-0.2, -0.15) is 5.26 Å². The summed E-state index contributed by atoms with van der Waals surface area (Å²) in [6.07, 6.45) is -8.01. The van der Waals surface area contributed by atoms with Crippen LogP contribution in [0.4, 0.5) is 13.2 Å². The number of aliphatic hydroxyl groups excluding tert-OH is 2. The molecule has 0 saturated carbocycles.